The van der Waals surface area contributed by atoms with E-state index >= 15 is 0 Å². The van der Waals surface area contributed by atoms with E-state index in [0.29, 0.717) is 6.61 Å². The van der Waals surface area contributed by atoms with Gasteiger partial charge in [0, 0.05) is 27.0 Å². The van der Waals surface area contributed by atoms with Crippen molar-refractivity contribution in [1.29, 1.82) is 0 Å². The quantitative estimate of drug-likeness (QED) is 0.310. The van der Waals surface area contributed by atoms with Gasteiger partial charge in [0.2, 0.25) is 6.23 Å². The molecule has 0 unspecified atom stereocenters. The van der Waals surface area contributed by atoms with Crippen LogP contribution in [0.2, 0.25) is 5.02 Å². The van der Waals surface area contributed by atoms with Gasteiger partial charge in [-0.05, 0) is 76.4 Å². The van der Waals surface area contributed by atoms with Crippen molar-refractivity contribution in [3.8, 4) is 11.5 Å². The predicted octanol–water partition coefficient (Wildman–Crippen LogP) is 7.90. The van der Waals surface area contributed by atoms with Crippen LogP contribution in [0.15, 0.2) is 74.7 Å². The second kappa shape index (κ2) is 9.08. The molecule has 2 aliphatic heterocycles. The molecule has 0 aliphatic carbocycles. The van der Waals surface area contributed by atoms with Crippen molar-refractivity contribution in [1.82, 2.24) is 5.01 Å². The Bertz CT molecular complexity index is 1170. The second-order valence-corrected chi connectivity index (χ2v) is 10.1. The van der Waals surface area contributed by atoms with E-state index in [9.17, 15) is 0 Å². The van der Waals surface area contributed by atoms with Crippen LogP contribution in [-0.2, 0) is 0 Å². The molecule has 3 aromatic rings. The maximum atomic E-state index is 6.53. The number of ether oxygens (including phenoxy) is 2. The van der Waals surface area contributed by atoms with Crippen LogP contribution in [-0.4, -0.2) is 17.3 Å². The highest BCUT2D eigenvalue weighted by Gasteiger charge is 2.42. The van der Waals surface area contributed by atoms with Gasteiger partial charge in [0.05, 0.1) is 22.8 Å². The molecule has 7 heteroatoms. The SMILES string of the molecule is CCCOc1ccc([C@@H]2Oc3c(Br)cc(Br)cc3[C@H]3CC(c4ccc(Cl)cc4)=NN32)cc1. The molecular weight excluding hydrogens is 556 g/mol. The Hall–Kier alpha value is -2.02. The summed E-state index contributed by atoms with van der Waals surface area (Å²) in [5.41, 5.74) is 4.23. The summed E-state index contributed by atoms with van der Waals surface area (Å²) in [4.78, 5) is 0. The number of halogens is 3. The third-order valence-electron chi connectivity index (χ3n) is 5.62. The summed E-state index contributed by atoms with van der Waals surface area (Å²) < 4.78 is 14.2. The van der Waals surface area contributed by atoms with E-state index in [1.54, 1.807) is 0 Å². The fourth-order valence-corrected chi connectivity index (χ4v) is 5.58. The molecule has 0 N–H and O–H groups in total. The Morgan fingerprint density at radius 2 is 1.84 bits per heavy atom. The largest absolute Gasteiger partial charge is 0.494 e. The summed E-state index contributed by atoms with van der Waals surface area (Å²) in [6.45, 7) is 2.80. The van der Waals surface area contributed by atoms with E-state index in [4.69, 9.17) is 26.2 Å². The summed E-state index contributed by atoms with van der Waals surface area (Å²) in [6.07, 6.45) is 1.43. The van der Waals surface area contributed by atoms with E-state index in [1.165, 1.54) is 0 Å². The lowest BCUT2D eigenvalue weighted by molar-refractivity contribution is -0.0197. The standard InChI is InChI=1S/C25H21Br2ClN2O2/c1-2-11-31-19-9-5-16(6-10-19)25-30-23(20-12-17(26)13-21(27)24(20)32-25)14-22(29-30)15-3-7-18(28)8-4-15/h3-10,12-13,23,25H,2,11,14H2,1H3/t23-,25+/m1/s1. The maximum Gasteiger partial charge on any atom is 0.213 e. The third kappa shape index (κ3) is 4.16. The first-order chi connectivity index (χ1) is 15.5. The van der Waals surface area contributed by atoms with Gasteiger partial charge in [-0.3, -0.25) is 0 Å². The van der Waals surface area contributed by atoms with Crippen LogP contribution in [0.25, 0.3) is 0 Å². The van der Waals surface area contributed by atoms with Crippen molar-refractivity contribution in [2.24, 2.45) is 5.10 Å². The van der Waals surface area contributed by atoms with Gasteiger partial charge >= 0.3 is 0 Å². The van der Waals surface area contributed by atoms with E-state index < -0.39 is 0 Å². The molecule has 0 fully saturated rings. The first-order valence-corrected chi connectivity index (χ1v) is 12.5. The molecule has 0 amide bonds. The summed E-state index contributed by atoms with van der Waals surface area (Å²) in [5, 5.41) is 7.81. The van der Waals surface area contributed by atoms with Gasteiger partial charge in [-0.15, -0.1) is 0 Å². The molecule has 5 rings (SSSR count). The smallest absolute Gasteiger partial charge is 0.213 e. The molecule has 4 nitrogen and oxygen atoms in total. The number of hydrazone groups is 1. The first kappa shape index (κ1) is 21.8. The van der Waals surface area contributed by atoms with Gasteiger partial charge in [-0.25, -0.2) is 5.01 Å². The van der Waals surface area contributed by atoms with E-state index in [1.807, 2.05) is 42.5 Å². The first-order valence-electron chi connectivity index (χ1n) is 10.5. The molecule has 0 aromatic heterocycles. The van der Waals surface area contributed by atoms with Crippen molar-refractivity contribution >= 4 is 49.2 Å². The van der Waals surface area contributed by atoms with Crippen molar-refractivity contribution in [3.63, 3.8) is 0 Å². The Morgan fingerprint density at radius 1 is 1.09 bits per heavy atom. The fraction of sp³-hybridized carbons (Fsp3) is 0.240. The van der Waals surface area contributed by atoms with Crippen molar-refractivity contribution in [2.45, 2.75) is 32.0 Å². The predicted molar refractivity (Wildman–Crippen MR) is 135 cm³/mol. The minimum absolute atomic E-state index is 0.0687. The minimum Gasteiger partial charge on any atom is -0.494 e. The fourth-order valence-electron chi connectivity index (χ4n) is 4.10. The van der Waals surface area contributed by atoms with Crippen LogP contribution in [0, 0.1) is 0 Å². The highest BCUT2D eigenvalue weighted by atomic mass is 79.9. The van der Waals surface area contributed by atoms with E-state index in [2.05, 4.69) is 62.0 Å². The Morgan fingerprint density at radius 3 is 2.56 bits per heavy atom. The molecule has 2 atom stereocenters. The lowest BCUT2D eigenvalue weighted by Gasteiger charge is -2.38. The van der Waals surface area contributed by atoms with E-state index in [0.717, 1.165) is 60.7 Å². The van der Waals surface area contributed by atoms with Crippen LogP contribution in [0.1, 0.15) is 48.7 Å². The molecule has 32 heavy (non-hydrogen) atoms. The molecule has 0 spiro atoms. The van der Waals surface area contributed by atoms with Crippen molar-refractivity contribution < 1.29 is 9.47 Å². The lowest BCUT2D eigenvalue weighted by atomic mass is 9.96. The Balaban J connectivity index is 1.54. The van der Waals surface area contributed by atoms with E-state index in [-0.39, 0.29) is 12.3 Å². The van der Waals surface area contributed by atoms with Gasteiger partial charge < -0.3 is 9.47 Å². The number of hydrogen-bond acceptors (Lipinski definition) is 4. The number of fused-ring (bicyclic) bond motifs is 3. The molecule has 0 saturated carbocycles. The molecule has 0 bridgehead atoms. The number of benzene rings is 3. The Labute approximate surface area is 209 Å². The minimum atomic E-state index is -0.338. The topological polar surface area (TPSA) is 34.1 Å². The summed E-state index contributed by atoms with van der Waals surface area (Å²) >= 11 is 13.4. The zero-order chi connectivity index (χ0) is 22.2. The van der Waals surface area contributed by atoms with Crippen molar-refractivity contribution in [3.05, 3.63) is 91.3 Å². The lowest BCUT2D eigenvalue weighted by Crippen LogP contribution is -2.33. The molecule has 0 saturated heterocycles. The number of hydrogen-bond donors (Lipinski definition) is 0. The van der Waals surface area contributed by atoms with Gasteiger partial charge in [-0.2, -0.15) is 5.10 Å². The highest BCUT2D eigenvalue weighted by Crippen LogP contribution is 2.51. The second-order valence-electron chi connectivity index (χ2n) is 7.85. The summed E-state index contributed by atoms with van der Waals surface area (Å²) in [5.74, 6) is 1.72. The van der Waals surface area contributed by atoms with Crippen molar-refractivity contribution in [2.75, 3.05) is 6.61 Å². The zero-order valence-corrected chi connectivity index (χ0v) is 21.3. The van der Waals surface area contributed by atoms with Crippen LogP contribution in [0.3, 0.4) is 0 Å². The van der Waals surface area contributed by atoms with Gasteiger partial charge in [0.1, 0.15) is 11.5 Å². The highest BCUT2D eigenvalue weighted by molar-refractivity contribution is 9.11. The van der Waals surface area contributed by atoms with Crippen LogP contribution in [0.4, 0.5) is 0 Å². The maximum absolute atomic E-state index is 6.53. The monoisotopic (exact) mass is 574 g/mol. The number of rotatable bonds is 5. The van der Waals surface area contributed by atoms with Crippen LogP contribution < -0.4 is 9.47 Å². The number of nitrogens with zero attached hydrogens (tertiary/aromatic N) is 2. The molecule has 2 aliphatic rings. The normalized spacial score (nSPS) is 19.1. The van der Waals surface area contributed by atoms with Crippen LogP contribution >= 0.6 is 43.5 Å². The molecule has 0 radical (unpaired) electrons. The van der Waals surface area contributed by atoms with Gasteiger partial charge in [0.25, 0.3) is 0 Å². The third-order valence-corrected chi connectivity index (χ3v) is 6.92. The molecule has 164 valence electrons. The molecule has 2 heterocycles. The molecular formula is C25H21Br2ClN2O2. The summed E-state index contributed by atoms with van der Waals surface area (Å²) in [7, 11) is 0. The van der Waals surface area contributed by atoms with Crippen LogP contribution in [0.5, 0.6) is 11.5 Å². The van der Waals surface area contributed by atoms with Gasteiger partial charge in [0.15, 0.2) is 0 Å². The molecule has 3 aromatic carbocycles. The Kier molecular flexibility index (Phi) is 6.19. The summed E-state index contributed by atoms with van der Waals surface area (Å²) in [6, 6.07) is 20.2. The zero-order valence-electron chi connectivity index (χ0n) is 17.4. The van der Waals surface area contributed by atoms with Gasteiger partial charge in [-0.1, -0.05) is 46.6 Å². The average molecular weight is 577 g/mol. The average Bonchev–Trinajstić information content (AvgIpc) is 3.24.